The molecule has 0 saturated heterocycles. The van der Waals surface area contributed by atoms with Crippen molar-refractivity contribution in [1.29, 1.82) is 0 Å². The summed E-state index contributed by atoms with van der Waals surface area (Å²) in [7, 11) is 0. The van der Waals surface area contributed by atoms with Gasteiger partial charge >= 0.3 is 0 Å². The molecule has 4 heteroatoms. The van der Waals surface area contributed by atoms with E-state index in [4.69, 9.17) is 21.1 Å². The first-order chi connectivity index (χ1) is 11.0. The van der Waals surface area contributed by atoms with Crippen LogP contribution >= 0.6 is 11.6 Å². The average Bonchev–Trinajstić information content (AvgIpc) is 2.51. The first kappa shape index (κ1) is 18.0. The summed E-state index contributed by atoms with van der Waals surface area (Å²) in [6.45, 7) is 4.29. The molecule has 0 radical (unpaired) electrons. The van der Waals surface area contributed by atoms with Crippen molar-refractivity contribution < 1.29 is 14.6 Å². The molecule has 0 heterocycles. The van der Waals surface area contributed by atoms with Gasteiger partial charge in [0.05, 0.1) is 12.7 Å². The first-order valence-electron chi connectivity index (χ1n) is 7.72. The van der Waals surface area contributed by atoms with Gasteiger partial charge < -0.3 is 14.6 Å². The fourth-order valence-corrected chi connectivity index (χ4v) is 2.57. The highest BCUT2D eigenvalue weighted by atomic mass is 35.5. The molecule has 2 aromatic carbocycles. The molecule has 0 saturated carbocycles. The summed E-state index contributed by atoms with van der Waals surface area (Å²) < 4.78 is 11.5. The van der Waals surface area contributed by atoms with Crippen LogP contribution in [0.3, 0.4) is 0 Å². The van der Waals surface area contributed by atoms with Crippen LogP contribution in [0.25, 0.3) is 0 Å². The van der Waals surface area contributed by atoms with Crippen molar-refractivity contribution in [3.05, 3.63) is 70.7 Å². The number of hydrogen-bond donors (Lipinski definition) is 1. The fourth-order valence-electron chi connectivity index (χ4n) is 2.32. The Morgan fingerprint density at radius 1 is 1.04 bits per heavy atom. The summed E-state index contributed by atoms with van der Waals surface area (Å²) in [5.74, 6) is -1.23. The zero-order chi connectivity index (χ0) is 16.7. The van der Waals surface area contributed by atoms with E-state index in [-0.39, 0.29) is 6.10 Å². The Balaban J connectivity index is 1.94. The molecule has 3 nitrogen and oxygen atoms in total. The van der Waals surface area contributed by atoms with E-state index in [2.05, 4.69) is 0 Å². The van der Waals surface area contributed by atoms with Gasteiger partial charge in [0.2, 0.25) is 0 Å². The zero-order valence-electron chi connectivity index (χ0n) is 13.5. The van der Waals surface area contributed by atoms with E-state index in [1.807, 2.05) is 54.6 Å². The van der Waals surface area contributed by atoms with Crippen molar-refractivity contribution in [3.8, 4) is 0 Å². The lowest BCUT2D eigenvalue weighted by Gasteiger charge is -2.27. The Bertz CT molecular complexity index is 593. The number of ether oxygens (including phenoxy) is 2. The molecule has 0 spiro atoms. The molecular weight excluding hydrogens is 312 g/mol. The van der Waals surface area contributed by atoms with E-state index in [0.717, 1.165) is 11.1 Å². The molecule has 0 aromatic heterocycles. The van der Waals surface area contributed by atoms with Crippen molar-refractivity contribution in [1.82, 2.24) is 0 Å². The van der Waals surface area contributed by atoms with Crippen LogP contribution in [0.4, 0.5) is 0 Å². The summed E-state index contributed by atoms with van der Waals surface area (Å²) in [5, 5.41) is 10.6. The minimum atomic E-state index is -1.23. The SMILES string of the molecule is CC(C)(O)OC(CCOCc1ccccc1)c1ccccc1Cl. The summed E-state index contributed by atoms with van der Waals surface area (Å²) >= 11 is 6.25. The maximum atomic E-state index is 9.97. The predicted molar refractivity (Wildman–Crippen MR) is 92.3 cm³/mol. The van der Waals surface area contributed by atoms with Gasteiger partial charge in [-0.15, -0.1) is 0 Å². The highest BCUT2D eigenvalue weighted by Gasteiger charge is 2.23. The average molecular weight is 335 g/mol. The van der Waals surface area contributed by atoms with E-state index in [9.17, 15) is 5.11 Å². The molecule has 23 heavy (non-hydrogen) atoms. The van der Waals surface area contributed by atoms with E-state index < -0.39 is 5.79 Å². The topological polar surface area (TPSA) is 38.7 Å². The summed E-state index contributed by atoms with van der Waals surface area (Å²) in [6, 6.07) is 17.5. The smallest absolute Gasteiger partial charge is 0.160 e. The molecule has 1 unspecified atom stereocenters. The predicted octanol–water partition coefficient (Wildman–Crippen LogP) is 4.73. The molecule has 0 amide bonds. The first-order valence-corrected chi connectivity index (χ1v) is 8.10. The number of aliphatic hydroxyl groups is 1. The monoisotopic (exact) mass is 334 g/mol. The molecule has 0 aliphatic rings. The number of hydrogen-bond acceptors (Lipinski definition) is 3. The van der Waals surface area contributed by atoms with Crippen molar-refractivity contribution in [3.63, 3.8) is 0 Å². The molecule has 2 aromatic rings. The van der Waals surface area contributed by atoms with Gasteiger partial charge in [-0.3, -0.25) is 0 Å². The van der Waals surface area contributed by atoms with Crippen LogP contribution in [0.2, 0.25) is 5.02 Å². The largest absolute Gasteiger partial charge is 0.377 e. The van der Waals surface area contributed by atoms with Gasteiger partial charge in [0.15, 0.2) is 5.79 Å². The lowest BCUT2D eigenvalue weighted by Crippen LogP contribution is -2.27. The van der Waals surface area contributed by atoms with Gasteiger partial charge in [0.25, 0.3) is 0 Å². The van der Waals surface area contributed by atoms with Crippen LogP contribution in [0, 0.1) is 0 Å². The van der Waals surface area contributed by atoms with E-state index in [1.165, 1.54) is 0 Å². The Morgan fingerprint density at radius 2 is 1.70 bits per heavy atom. The third-order valence-electron chi connectivity index (χ3n) is 3.32. The van der Waals surface area contributed by atoms with Crippen molar-refractivity contribution in [2.24, 2.45) is 0 Å². The van der Waals surface area contributed by atoms with Crippen LogP contribution in [0.1, 0.15) is 37.5 Å². The van der Waals surface area contributed by atoms with Crippen LogP contribution in [-0.4, -0.2) is 17.5 Å². The molecule has 2 rings (SSSR count). The molecule has 0 aliphatic carbocycles. The second-order valence-electron chi connectivity index (χ2n) is 5.90. The Labute approximate surface area is 142 Å². The second kappa shape index (κ2) is 8.46. The quantitative estimate of drug-likeness (QED) is 0.560. The van der Waals surface area contributed by atoms with Crippen LogP contribution in [0.5, 0.6) is 0 Å². The number of halogens is 1. The third kappa shape index (κ3) is 6.32. The molecule has 0 bridgehead atoms. The highest BCUT2D eigenvalue weighted by Crippen LogP contribution is 2.31. The maximum absolute atomic E-state index is 9.97. The van der Waals surface area contributed by atoms with Crippen molar-refractivity contribution in [2.75, 3.05) is 6.61 Å². The number of benzene rings is 2. The minimum absolute atomic E-state index is 0.320. The maximum Gasteiger partial charge on any atom is 0.160 e. The van der Waals surface area contributed by atoms with Gasteiger partial charge in [-0.1, -0.05) is 60.1 Å². The highest BCUT2D eigenvalue weighted by molar-refractivity contribution is 6.31. The van der Waals surface area contributed by atoms with Crippen LogP contribution in [0.15, 0.2) is 54.6 Å². The summed E-state index contributed by atoms with van der Waals surface area (Å²) in [4.78, 5) is 0. The van der Waals surface area contributed by atoms with Gasteiger partial charge in [-0.05, 0) is 31.0 Å². The van der Waals surface area contributed by atoms with Gasteiger partial charge in [0, 0.05) is 18.1 Å². The molecule has 1 atom stereocenters. The summed E-state index contributed by atoms with van der Waals surface area (Å²) in [6.07, 6.45) is 0.292. The van der Waals surface area contributed by atoms with Gasteiger partial charge in [0.1, 0.15) is 0 Å². The molecular formula is C19H23ClO3. The van der Waals surface area contributed by atoms with E-state index in [1.54, 1.807) is 13.8 Å². The molecule has 1 N–H and O–H groups in total. The number of rotatable bonds is 8. The Morgan fingerprint density at radius 3 is 2.35 bits per heavy atom. The third-order valence-corrected chi connectivity index (χ3v) is 3.66. The van der Waals surface area contributed by atoms with E-state index in [0.29, 0.717) is 24.7 Å². The standard InChI is InChI=1S/C19H23ClO3/c1-19(2,21)23-18(16-10-6-7-11-17(16)20)12-13-22-14-15-8-4-3-5-9-15/h3-11,18,21H,12-14H2,1-2H3. The van der Waals surface area contributed by atoms with Gasteiger partial charge in [-0.2, -0.15) is 0 Å². The lowest BCUT2D eigenvalue weighted by atomic mass is 10.1. The molecule has 124 valence electrons. The molecule has 0 fully saturated rings. The zero-order valence-corrected chi connectivity index (χ0v) is 14.3. The van der Waals surface area contributed by atoms with Crippen LogP contribution < -0.4 is 0 Å². The minimum Gasteiger partial charge on any atom is -0.377 e. The fraction of sp³-hybridized carbons (Fsp3) is 0.368. The normalized spacial score (nSPS) is 13.0. The van der Waals surface area contributed by atoms with Crippen molar-refractivity contribution in [2.45, 2.75) is 38.8 Å². The Hall–Kier alpha value is -1.39. The van der Waals surface area contributed by atoms with E-state index >= 15 is 0 Å². The molecule has 0 aliphatic heterocycles. The Kier molecular flexibility index (Phi) is 6.60. The lowest BCUT2D eigenvalue weighted by molar-refractivity contribution is -0.211. The van der Waals surface area contributed by atoms with Gasteiger partial charge in [-0.25, -0.2) is 0 Å². The van der Waals surface area contributed by atoms with Crippen LogP contribution in [-0.2, 0) is 16.1 Å². The summed E-state index contributed by atoms with van der Waals surface area (Å²) in [5.41, 5.74) is 1.99. The second-order valence-corrected chi connectivity index (χ2v) is 6.31. The van der Waals surface area contributed by atoms with Crippen molar-refractivity contribution >= 4 is 11.6 Å².